The van der Waals surface area contributed by atoms with E-state index in [2.05, 4.69) is 17.0 Å². The molecule has 1 aliphatic carbocycles. The number of aryl methyl sites for hydroxylation is 1. The second-order valence-electron chi connectivity index (χ2n) is 4.59. The molecule has 15 heavy (non-hydrogen) atoms. The molecule has 1 aromatic heterocycles. The maximum absolute atomic E-state index is 9.40. The van der Waals surface area contributed by atoms with E-state index in [9.17, 15) is 5.11 Å². The van der Waals surface area contributed by atoms with Crippen molar-refractivity contribution in [3.8, 4) is 0 Å². The SMILES string of the molecule is CCCn1ncnc1CC1(CO)CCC1. The van der Waals surface area contributed by atoms with E-state index in [-0.39, 0.29) is 12.0 Å². The van der Waals surface area contributed by atoms with Crippen LogP contribution in [-0.4, -0.2) is 26.5 Å². The molecule has 1 aliphatic rings. The van der Waals surface area contributed by atoms with E-state index >= 15 is 0 Å². The summed E-state index contributed by atoms with van der Waals surface area (Å²) < 4.78 is 1.97. The van der Waals surface area contributed by atoms with Gasteiger partial charge >= 0.3 is 0 Å². The summed E-state index contributed by atoms with van der Waals surface area (Å²) in [7, 11) is 0. The van der Waals surface area contributed by atoms with Gasteiger partial charge in [0, 0.05) is 25.0 Å². The van der Waals surface area contributed by atoms with Crippen LogP contribution >= 0.6 is 0 Å². The van der Waals surface area contributed by atoms with Crippen LogP contribution in [0.25, 0.3) is 0 Å². The van der Waals surface area contributed by atoms with Gasteiger partial charge in [-0.3, -0.25) is 4.68 Å². The molecule has 0 aromatic carbocycles. The van der Waals surface area contributed by atoms with E-state index in [4.69, 9.17) is 0 Å². The fourth-order valence-corrected chi connectivity index (χ4v) is 2.23. The Bertz CT molecular complexity index is 312. The van der Waals surface area contributed by atoms with Crippen molar-refractivity contribution in [3.05, 3.63) is 12.2 Å². The molecule has 0 bridgehead atoms. The molecule has 0 radical (unpaired) electrons. The quantitative estimate of drug-likeness (QED) is 0.797. The van der Waals surface area contributed by atoms with E-state index in [0.29, 0.717) is 0 Å². The normalized spacial score (nSPS) is 18.8. The summed E-state index contributed by atoms with van der Waals surface area (Å²) in [4.78, 5) is 4.29. The largest absolute Gasteiger partial charge is 0.396 e. The smallest absolute Gasteiger partial charge is 0.138 e. The first-order chi connectivity index (χ1) is 7.29. The Morgan fingerprint density at radius 2 is 2.33 bits per heavy atom. The van der Waals surface area contributed by atoms with Gasteiger partial charge in [0.15, 0.2) is 0 Å². The van der Waals surface area contributed by atoms with Crippen LogP contribution in [0.4, 0.5) is 0 Å². The number of hydrogen-bond acceptors (Lipinski definition) is 3. The van der Waals surface area contributed by atoms with Crippen LogP contribution in [0.15, 0.2) is 6.33 Å². The van der Waals surface area contributed by atoms with Gasteiger partial charge in [0.05, 0.1) is 0 Å². The standard InChI is InChI=1S/C11H19N3O/c1-2-6-14-10(12-9-13-14)7-11(8-15)4-3-5-11/h9,15H,2-8H2,1H3. The minimum Gasteiger partial charge on any atom is -0.396 e. The van der Waals surface area contributed by atoms with Crippen LogP contribution in [0.3, 0.4) is 0 Å². The summed E-state index contributed by atoms with van der Waals surface area (Å²) in [5.74, 6) is 1.03. The van der Waals surface area contributed by atoms with Crippen molar-refractivity contribution in [2.45, 2.75) is 45.6 Å². The fourth-order valence-electron chi connectivity index (χ4n) is 2.23. The van der Waals surface area contributed by atoms with Gasteiger partial charge in [0.25, 0.3) is 0 Å². The summed E-state index contributed by atoms with van der Waals surface area (Å²) in [5.41, 5.74) is 0.110. The van der Waals surface area contributed by atoms with Crippen molar-refractivity contribution < 1.29 is 5.11 Å². The number of aromatic nitrogens is 3. The second kappa shape index (κ2) is 4.31. The van der Waals surface area contributed by atoms with Gasteiger partial charge in [-0.25, -0.2) is 4.98 Å². The predicted octanol–water partition coefficient (Wildman–Crippen LogP) is 1.39. The van der Waals surface area contributed by atoms with Crippen molar-refractivity contribution in [1.82, 2.24) is 14.8 Å². The third-order valence-electron chi connectivity index (χ3n) is 3.41. The van der Waals surface area contributed by atoms with Crippen LogP contribution in [-0.2, 0) is 13.0 Å². The zero-order chi connectivity index (χ0) is 10.7. The maximum atomic E-state index is 9.40. The molecule has 1 saturated carbocycles. The highest BCUT2D eigenvalue weighted by Gasteiger charge is 2.37. The molecule has 4 heteroatoms. The molecule has 0 saturated heterocycles. The van der Waals surface area contributed by atoms with Gasteiger partial charge in [-0.1, -0.05) is 13.3 Å². The van der Waals surface area contributed by atoms with Crippen LogP contribution in [0.2, 0.25) is 0 Å². The Hall–Kier alpha value is -0.900. The molecule has 0 unspecified atom stereocenters. The van der Waals surface area contributed by atoms with Crippen molar-refractivity contribution in [1.29, 1.82) is 0 Å². The number of aliphatic hydroxyl groups excluding tert-OH is 1. The molecule has 0 aliphatic heterocycles. The van der Waals surface area contributed by atoms with E-state index in [1.165, 1.54) is 6.42 Å². The van der Waals surface area contributed by atoms with Crippen LogP contribution in [0, 0.1) is 5.41 Å². The predicted molar refractivity (Wildman–Crippen MR) is 57.4 cm³/mol. The average Bonchev–Trinajstić information content (AvgIpc) is 2.60. The fraction of sp³-hybridized carbons (Fsp3) is 0.818. The highest BCUT2D eigenvalue weighted by atomic mass is 16.3. The monoisotopic (exact) mass is 209 g/mol. The third-order valence-corrected chi connectivity index (χ3v) is 3.41. The lowest BCUT2D eigenvalue weighted by Crippen LogP contribution is -2.36. The van der Waals surface area contributed by atoms with Gasteiger partial charge in [-0.05, 0) is 19.3 Å². The Morgan fingerprint density at radius 1 is 1.53 bits per heavy atom. The number of aliphatic hydroxyl groups is 1. The molecular weight excluding hydrogens is 190 g/mol. The van der Waals surface area contributed by atoms with E-state index in [1.54, 1.807) is 6.33 Å². The average molecular weight is 209 g/mol. The summed E-state index contributed by atoms with van der Waals surface area (Å²) >= 11 is 0. The summed E-state index contributed by atoms with van der Waals surface area (Å²) in [6, 6.07) is 0. The molecule has 0 spiro atoms. The van der Waals surface area contributed by atoms with Crippen LogP contribution in [0.5, 0.6) is 0 Å². The topological polar surface area (TPSA) is 50.9 Å². The third kappa shape index (κ3) is 2.04. The van der Waals surface area contributed by atoms with E-state index in [1.807, 2.05) is 4.68 Å². The van der Waals surface area contributed by atoms with Gasteiger partial charge < -0.3 is 5.11 Å². The van der Waals surface area contributed by atoms with Gasteiger partial charge in [-0.15, -0.1) is 0 Å². The van der Waals surface area contributed by atoms with Crippen molar-refractivity contribution in [2.24, 2.45) is 5.41 Å². The lowest BCUT2D eigenvalue weighted by Gasteiger charge is -2.39. The molecule has 1 N–H and O–H groups in total. The van der Waals surface area contributed by atoms with E-state index < -0.39 is 0 Å². The number of nitrogens with zero attached hydrogens (tertiary/aromatic N) is 3. The Morgan fingerprint density at radius 3 is 2.87 bits per heavy atom. The lowest BCUT2D eigenvalue weighted by molar-refractivity contribution is 0.0420. The first-order valence-corrected chi connectivity index (χ1v) is 5.77. The maximum Gasteiger partial charge on any atom is 0.138 e. The zero-order valence-electron chi connectivity index (χ0n) is 9.32. The summed E-state index contributed by atoms with van der Waals surface area (Å²) in [6.45, 7) is 3.35. The Balaban J connectivity index is 2.06. The van der Waals surface area contributed by atoms with Gasteiger partial charge in [-0.2, -0.15) is 5.10 Å². The molecule has 1 heterocycles. The zero-order valence-corrected chi connectivity index (χ0v) is 9.32. The lowest BCUT2D eigenvalue weighted by atomic mass is 9.67. The van der Waals surface area contributed by atoms with Gasteiger partial charge in [0.2, 0.25) is 0 Å². The van der Waals surface area contributed by atoms with Crippen LogP contribution in [0.1, 0.15) is 38.4 Å². The molecule has 1 aromatic rings. The van der Waals surface area contributed by atoms with Crippen molar-refractivity contribution in [3.63, 3.8) is 0 Å². The van der Waals surface area contributed by atoms with Crippen molar-refractivity contribution in [2.75, 3.05) is 6.61 Å². The summed E-state index contributed by atoms with van der Waals surface area (Å²) in [5, 5.41) is 13.6. The number of hydrogen-bond donors (Lipinski definition) is 1. The first kappa shape index (κ1) is 10.6. The Kier molecular flexibility index (Phi) is 3.05. The minimum absolute atomic E-state index is 0.110. The van der Waals surface area contributed by atoms with Crippen molar-refractivity contribution >= 4 is 0 Å². The first-order valence-electron chi connectivity index (χ1n) is 5.77. The number of rotatable bonds is 5. The molecule has 0 amide bonds. The minimum atomic E-state index is 0.110. The highest BCUT2D eigenvalue weighted by Crippen LogP contribution is 2.42. The molecule has 2 rings (SSSR count). The van der Waals surface area contributed by atoms with E-state index in [0.717, 1.165) is 38.1 Å². The molecule has 1 fully saturated rings. The van der Waals surface area contributed by atoms with Gasteiger partial charge in [0.1, 0.15) is 12.2 Å². The Labute approximate surface area is 90.3 Å². The second-order valence-corrected chi connectivity index (χ2v) is 4.59. The highest BCUT2D eigenvalue weighted by molar-refractivity contribution is 4.98. The summed E-state index contributed by atoms with van der Waals surface area (Å²) in [6.07, 6.45) is 7.06. The van der Waals surface area contributed by atoms with Crippen LogP contribution < -0.4 is 0 Å². The molecule has 84 valence electrons. The molecular formula is C11H19N3O. The molecule has 4 nitrogen and oxygen atoms in total. The molecule has 0 atom stereocenters.